The highest BCUT2D eigenvalue weighted by atomic mass is 15.3. The maximum Gasteiger partial charge on any atom is 0.0443 e. The summed E-state index contributed by atoms with van der Waals surface area (Å²) in [6.45, 7) is 8.95. The lowest BCUT2D eigenvalue weighted by atomic mass is 10.2. The van der Waals surface area contributed by atoms with E-state index in [4.69, 9.17) is 0 Å². The molecule has 0 unspecified atom stereocenters. The molecular formula is C16H26N4. The summed E-state index contributed by atoms with van der Waals surface area (Å²) in [6, 6.07) is 3.08. The Bertz CT molecular complexity index is 422. The Balaban J connectivity index is 1.61. The number of nitrogens with one attached hydrogen (secondary N) is 1. The van der Waals surface area contributed by atoms with Gasteiger partial charge in [-0.1, -0.05) is 6.92 Å². The number of piperazine rings is 1. The quantitative estimate of drug-likeness (QED) is 0.803. The van der Waals surface area contributed by atoms with E-state index in [9.17, 15) is 0 Å². The third kappa shape index (κ3) is 3.30. The van der Waals surface area contributed by atoms with Gasteiger partial charge in [-0.15, -0.1) is 0 Å². The minimum Gasteiger partial charge on any atom is -0.369 e. The summed E-state index contributed by atoms with van der Waals surface area (Å²) in [5, 5.41) is 3.49. The van der Waals surface area contributed by atoms with Crippen molar-refractivity contribution < 1.29 is 0 Å². The van der Waals surface area contributed by atoms with E-state index in [-0.39, 0.29) is 0 Å². The van der Waals surface area contributed by atoms with Crippen molar-refractivity contribution in [2.75, 3.05) is 37.6 Å². The average Bonchev–Trinajstić information content (AvgIpc) is 3.33. The van der Waals surface area contributed by atoms with Crippen molar-refractivity contribution in [2.24, 2.45) is 0 Å². The van der Waals surface area contributed by atoms with Crippen molar-refractivity contribution in [3.8, 4) is 0 Å². The van der Waals surface area contributed by atoms with Gasteiger partial charge in [-0.3, -0.25) is 9.88 Å². The molecule has 20 heavy (non-hydrogen) atoms. The van der Waals surface area contributed by atoms with Gasteiger partial charge < -0.3 is 10.2 Å². The summed E-state index contributed by atoms with van der Waals surface area (Å²) in [4.78, 5) is 9.49. The minimum atomic E-state index is 0.903. The lowest BCUT2D eigenvalue weighted by Crippen LogP contribution is -2.47. The molecular weight excluding hydrogens is 248 g/mol. The van der Waals surface area contributed by atoms with Gasteiger partial charge in [-0.2, -0.15) is 0 Å². The van der Waals surface area contributed by atoms with E-state index in [0.29, 0.717) is 0 Å². The van der Waals surface area contributed by atoms with Crippen LogP contribution in [0.2, 0.25) is 0 Å². The Morgan fingerprint density at radius 1 is 1.25 bits per heavy atom. The van der Waals surface area contributed by atoms with Gasteiger partial charge in [-0.25, -0.2) is 0 Å². The lowest BCUT2D eigenvalue weighted by Gasteiger charge is -2.37. The molecule has 3 rings (SSSR count). The fourth-order valence-corrected chi connectivity index (χ4v) is 3.03. The number of pyridine rings is 1. The molecule has 110 valence electrons. The van der Waals surface area contributed by atoms with Gasteiger partial charge in [0.15, 0.2) is 0 Å². The predicted molar refractivity (Wildman–Crippen MR) is 83.0 cm³/mol. The first-order valence-electron chi connectivity index (χ1n) is 8.01. The monoisotopic (exact) mass is 274 g/mol. The van der Waals surface area contributed by atoms with Gasteiger partial charge in [0, 0.05) is 62.4 Å². The van der Waals surface area contributed by atoms with Gasteiger partial charge in [0.05, 0.1) is 0 Å². The van der Waals surface area contributed by atoms with Crippen molar-refractivity contribution in [1.29, 1.82) is 0 Å². The zero-order chi connectivity index (χ0) is 13.8. The average molecular weight is 274 g/mol. The van der Waals surface area contributed by atoms with E-state index in [0.717, 1.165) is 32.2 Å². The molecule has 0 bridgehead atoms. The number of aromatic nitrogens is 1. The number of hydrogen-bond acceptors (Lipinski definition) is 4. The summed E-state index contributed by atoms with van der Waals surface area (Å²) in [6.07, 6.45) is 7.95. The second-order valence-electron chi connectivity index (χ2n) is 5.94. The molecule has 2 fully saturated rings. The van der Waals surface area contributed by atoms with Crippen LogP contribution in [0.25, 0.3) is 0 Å². The van der Waals surface area contributed by atoms with Crippen LogP contribution in [0.4, 0.5) is 5.69 Å². The second-order valence-corrected chi connectivity index (χ2v) is 5.94. The first kappa shape index (κ1) is 13.8. The standard InChI is InChI=1S/C16H26N4/c1-2-6-17-12-14-13-18-7-5-16(14)20-10-8-19(9-11-20)15-3-4-15/h5,7,13,15,17H,2-4,6,8-12H2,1H3. The third-order valence-electron chi connectivity index (χ3n) is 4.34. The number of rotatable bonds is 6. The Kier molecular flexibility index (Phi) is 4.53. The Labute approximate surface area is 122 Å². The van der Waals surface area contributed by atoms with Crippen LogP contribution in [0, 0.1) is 0 Å². The zero-order valence-corrected chi connectivity index (χ0v) is 12.5. The summed E-state index contributed by atoms with van der Waals surface area (Å²) in [5.74, 6) is 0. The molecule has 1 saturated carbocycles. The molecule has 1 aliphatic carbocycles. The molecule has 4 nitrogen and oxygen atoms in total. The third-order valence-corrected chi connectivity index (χ3v) is 4.34. The summed E-state index contributed by atoms with van der Waals surface area (Å²) in [7, 11) is 0. The van der Waals surface area contributed by atoms with Crippen LogP contribution >= 0.6 is 0 Å². The maximum atomic E-state index is 4.30. The Hall–Kier alpha value is -1.13. The molecule has 4 heteroatoms. The molecule has 0 radical (unpaired) electrons. The van der Waals surface area contributed by atoms with E-state index in [1.807, 2.05) is 12.4 Å². The van der Waals surface area contributed by atoms with Crippen LogP contribution in [-0.4, -0.2) is 48.6 Å². The van der Waals surface area contributed by atoms with Crippen LogP contribution < -0.4 is 10.2 Å². The largest absolute Gasteiger partial charge is 0.369 e. The summed E-state index contributed by atoms with van der Waals surface area (Å²) >= 11 is 0. The molecule has 0 spiro atoms. The highest BCUT2D eigenvalue weighted by molar-refractivity contribution is 5.52. The molecule has 0 aromatic carbocycles. The number of anilines is 1. The molecule has 1 aromatic heterocycles. The van der Waals surface area contributed by atoms with E-state index < -0.39 is 0 Å². The molecule has 0 amide bonds. The van der Waals surface area contributed by atoms with Crippen LogP contribution in [0.3, 0.4) is 0 Å². The number of nitrogens with zero attached hydrogens (tertiary/aromatic N) is 3. The summed E-state index contributed by atoms with van der Waals surface area (Å²) in [5.41, 5.74) is 2.71. The molecule has 2 aliphatic rings. The molecule has 1 aromatic rings. The van der Waals surface area contributed by atoms with E-state index in [1.54, 1.807) is 0 Å². The number of hydrogen-bond donors (Lipinski definition) is 1. The fourth-order valence-electron chi connectivity index (χ4n) is 3.03. The molecule has 1 saturated heterocycles. The predicted octanol–water partition coefficient (Wildman–Crippen LogP) is 1.87. The van der Waals surface area contributed by atoms with Crippen LogP contribution in [0.1, 0.15) is 31.7 Å². The molecule has 1 N–H and O–H groups in total. The normalized spacial score (nSPS) is 20.4. The van der Waals surface area contributed by atoms with Gasteiger partial charge in [0.1, 0.15) is 0 Å². The zero-order valence-electron chi connectivity index (χ0n) is 12.5. The maximum absolute atomic E-state index is 4.30. The van der Waals surface area contributed by atoms with Gasteiger partial charge in [0.25, 0.3) is 0 Å². The Morgan fingerprint density at radius 3 is 2.75 bits per heavy atom. The first-order chi connectivity index (χ1) is 9.88. The first-order valence-corrected chi connectivity index (χ1v) is 8.01. The van der Waals surface area contributed by atoms with Crippen LogP contribution in [0.5, 0.6) is 0 Å². The highest BCUT2D eigenvalue weighted by Gasteiger charge is 2.31. The second kappa shape index (κ2) is 6.55. The van der Waals surface area contributed by atoms with E-state index >= 15 is 0 Å². The molecule has 2 heterocycles. The Morgan fingerprint density at radius 2 is 2.05 bits per heavy atom. The summed E-state index contributed by atoms with van der Waals surface area (Å²) < 4.78 is 0. The van der Waals surface area contributed by atoms with Crippen molar-refractivity contribution in [1.82, 2.24) is 15.2 Å². The highest BCUT2D eigenvalue weighted by Crippen LogP contribution is 2.29. The van der Waals surface area contributed by atoms with Gasteiger partial charge in [-0.05, 0) is 31.9 Å². The van der Waals surface area contributed by atoms with E-state index in [2.05, 4.69) is 33.1 Å². The van der Waals surface area contributed by atoms with Crippen molar-refractivity contribution >= 4 is 5.69 Å². The topological polar surface area (TPSA) is 31.4 Å². The SMILES string of the molecule is CCCNCc1cnccc1N1CCN(C2CC2)CC1. The van der Waals surface area contributed by atoms with Gasteiger partial charge >= 0.3 is 0 Å². The smallest absolute Gasteiger partial charge is 0.0443 e. The molecule has 0 atom stereocenters. The van der Waals surface area contributed by atoms with Crippen molar-refractivity contribution in [3.05, 3.63) is 24.0 Å². The molecule has 1 aliphatic heterocycles. The van der Waals surface area contributed by atoms with Crippen molar-refractivity contribution in [3.63, 3.8) is 0 Å². The van der Waals surface area contributed by atoms with Crippen LogP contribution in [0.15, 0.2) is 18.5 Å². The van der Waals surface area contributed by atoms with E-state index in [1.165, 1.54) is 43.6 Å². The van der Waals surface area contributed by atoms with Crippen LogP contribution in [-0.2, 0) is 6.54 Å². The lowest BCUT2D eigenvalue weighted by molar-refractivity contribution is 0.248. The van der Waals surface area contributed by atoms with Crippen molar-refractivity contribution in [2.45, 2.75) is 38.8 Å². The fraction of sp³-hybridized carbons (Fsp3) is 0.688. The minimum absolute atomic E-state index is 0.903. The van der Waals surface area contributed by atoms with Gasteiger partial charge in [0.2, 0.25) is 0 Å².